The van der Waals surface area contributed by atoms with Crippen molar-refractivity contribution in [2.75, 3.05) is 38.3 Å². The number of nitrogens with zero attached hydrogens (tertiary/aromatic N) is 1. The van der Waals surface area contributed by atoms with Crippen LogP contribution < -0.4 is 19.7 Å². The van der Waals surface area contributed by atoms with Gasteiger partial charge in [-0.3, -0.25) is 4.79 Å². The zero-order valence-corrected chi connectivity index (χ0v) is 15.7. The summed E-state index contributed by atoms with van der Waals surface area (Å²) in [4.78, 5) is 14.7. The van der Waals surface area contributed by atoms with Crippen molar-refractivity contribution in [1.29, 1.82) is 0 Å². The molecule has 1 atom stereocenters. The maximum Gasteiger partial charge on any atom is 0.251 e. The summed E-state index contributed by atoms with van der Waals surface area (Å²) in [6.07, 6.45) is 0.990. The van der Waals surface area contributed by atoms with Crippen molar-refractivity contribution in [3.8, 4) is 11.5 Å². The van der Waals surface area contributed by atoms with Gasteiger partial charge in [-0.15, -0.1) is 0 Å². The summed E-state index contributed by atoms with van der Waals surface area (Å²) in [7, 11) is 1.56. The molecule has 1 amide bonds. The Morgan fingerprint density at radius 1 is 1.22 bits per heavy atom. The first-order valence-corrected chi connectivity index (χ1v) is 9.20. The minimum Gasteiger partial charge on any atom is -0.493 e. The summed E-state index contributed by atoms with van der Waals surface area (Å²) >= 11 is 0. The number of ether oxygens (including phenoxy) is 2. The van der Waals surface area contributed by atoms with Crippen LogP contribution in [0.3, 0.4) is 0 Å². The number of carbonyl (C=O) groups excluding carboxylic acids is 1. The molecule has 1 heterocycles. The van der Waals surface area contributed by atoms with E-state index in [1.54, 1.807) is 37.4 Å². The molecule has 1 aliphatic heterocycles. The molecule has 1 N–H and O–H groups in total. The van der Waals surface area contributed by atoms with Gasteiger partial charge in [-0.1, -0.05) is 0 Å². The smallest absolute Gasteiger partial charge is 0.251 e. The second-order valence-corrected chi connectivity index (χ2v) is 6.59. The second-order valence-electron chi connectivity index (χ2n) is 6.59. The second kappa shape index (κ2) is 8.75. The predicted molar refractivity (Wildman–Crippen MR) is 103 cm³/mol. The lowest BCUT2D eigenvalue weighted by Gasteiger charge is -2.19. The quantitative estimate of drug-likeness (QED) is 0.808. The molecule has 0 radical (unpaired) electrons. The molecule has 2 aromatic carbocycles. The molecule has 3 rings (SSSR count). The molecule has 1 unspecified atom stereocenters. The van der Waals surface area contributed by atoms with Crippen molar-refractivity contribution >= 4 is 11.6 Å². The minimum absolute atomic E-state index is 0.128. The van der Waals surface area contributed by atoms with Gasteiger partial charge in [0.15, 0.2) is 11.5 Å². The van der Waals surface area contributed by atoms with E-state index in [4.69, 9.17) is 9.47 Å². The molecule has 1 fully saturated rings. The van der Waals surface area contributed by atoms with Crippen molar-refractivity contribution in [2.24, 2.45) is 5.92 Å². The highest BCUT2D eigenvalue weighted by Gasteiger charge is 2.23. The van der Waals surface area contributed by atoms with Crippen LogP contribution in [0.2, 0.25) is 0 Å². The summed E-state index contributed by atoms with van der Waals surface area (Å²) in [6, 6.07) is 11.7. The number of hydrogen-bond donors (Lipinski definition) is 1. The van der Waals surface area contributed by atoms with Crippen molar-refractivity contribution in [3.63, 3.8) is 0 Å². The summed E-state index contributed by atoms with van der Waals surface area (Å²) in [5.74, 6) is 1.18. The normalized spacial score (nSPS) is 16.3. The van der Waals surface area contributed by atoms with E-state index in [1.807, 2.05) is 6.92 Å². The highest BCUT2D eigenvalue weighted by molar-refractivity contribution is 5.94. The SMILES string of the molecule is CCOc1ccc(C(=O)NCC2CCN(c3ccc(F)cc3)C2)cc1OC. The Hall–Kier alpha value is -2.76. The first-order chi connectivity index (χ1) is 13.1. The average molecular weight is 372 g/mol. The number of nitrogens with one attached hydrogen (secondary N) is 1. The fourth-order valence-corrected chi connectivity index (χ4v) is 3.31. The maximum atomic E-state index is 13.1. The van der Waals surface area contributed by atoms with Crippen LogP contribution in [0.1, 0.15) is 23.7 Å². The Labute approximate surface area is 159 Å². The van der Waals surface area contributed by atoms with E-state index in [0.717, 1.165) is 25.2 Å². The van der Waals surface area contributed by atoms with E-state index >= 15 is 0 Å². The molecule has 2 aromatic rings. The number of benzene rings is 2. The minimum atomic E-state index is -0.229. The monoisotopic (exact) mass is 372 g/mol. The van der Waals surface area contributed by atoms with E-state index in [2.05, 4.69) is 10.2 Å². The highest BCUT2D eigenvalue weighted by Crippen LogP contribution is 2.28. The van der Waals surface area contributed by atoms with E-state index in [0.29, 0.717) is 36.1 Å². The van der Waals surface area contributed by atoms with Gasteiger partial charge in [0.2, 0.25) is 0 Å². The Bertz CT molecular complexity index is 779. The van der Waals surface area contributed by atoms with Gasteiger partial charge in [0.25, 0.3) is 5.91 Å². The van der Waals surface area contributed by atoms with Gasteiger partial charge < -0.3 is 19.7 Å². The molecule has 0 bridgehead atoms. The van der Waals surface area contributed by atoms with Gasteiger partial charge in [-0.25, -0.2) is 4.39 Å². The molecule has 0 aromatic heterocycles. The first-order valence-electron chi connectivity index (χ1n) is 9.20. The number of halogens is 1. The molecule has 144 valence electrons. The molecular weight excluding hydrogens is 347 g/mol. The van der Waals surface area contributed by atoms with Crippen LogP contribution in [0, 0.1) is 11.7 Å². The van der Waals surface area contributed by atoms with Gasteiger partial charge in [0.1, 0.15) is 5.82 Å². The van der Waals surface area contributed by atoms with Gasteiger partial charge >= 0.3 is 0 Å². The number of amides is 1. The van der Waals surface area contributed by atoms with Crippen LogP contribution in [-0.2, 0) is 0 Å². The van der Waals surface area contributed by atoms with E-state index in [9.17, 15) is 9.18 Å². The lowest BCUT2D eigenvalue weighted by molar-refractivity contribution is 0.0948. The zero-order chi connectivity index (χ0) is 19.2. The Morgan fingerprint density at radius 3 is 2.70 bits per heavy atom. The van der Waals surface area contributed by atoms with E-state index in [-0.39, 0.29) is 11.7 Å². The van der Waals surface area contributed by atoms with Gasteiger partial charge in [-0.05, 0) is 61.7 Å². The molecule has 5 nitrogen and oxygen atoms in total. The molecule has 1 aliphatic rings. The molecule has 27 heavy (non-hydrogen) atoms. The molecule has 1 saturated heterocycles. The number of rotatable bonds is 7. The number of methoxy groups -OCH3 is 1. The molecule has 6 heteroatoms. The average Bonchev–Trinajstić information content (AvgIpc) is 3.16. The Kier molecular flexibility index (Phi) is 6.16. The van der Waals surface area contributed by atoms with Crippen LogP contribution in [0.15, 0.2) is 42.5 Å². The third-order valence-corrected chi connectivity index (χ3v) is 4.75. The van der Waals surface area contributed by atoms with Crippen molar-refractivity contribution in [2.45, 2.75) is 13.3 Å². The first kappa shape index (κ1) is 19.0. The van der Waals surface area contributed by atoms with E-state index < -0.39 is 0 Å². The van der Waals surface area contributed by atoms with Crippen molar-refractivity contribution < 1.29 is 18.7 Å². The summed E-state index contributed by atoms with van der Waals surface area (Å²) < 4.78 is 23.8. The van der Waals surface area contributed by atoms with Gasteiger partial charge in [0, 0.05) is 30.9 Å². The summed E-state index contributed by atoms with van der Waals surface area (Å²) in [5, 5.41) is 3.00. The summed E-state index contributed by atoms with van der Waals surface area (Å²) in [6.45, 7) is 4.79. The fourth-order valence-electron chi connectivity index (χ4n) is 3.31. The standard InChI is InChI=1S/C21H25FN2O3/c1-3-27-19-9-4-16(12-20(19)26-2)21(25)23-13-15-10-11-24(14-15)18-7-5-17(22)6-8-18/h4-9,12,15H,3,10-11,13-14H2,1-2H3,(H,23,25). The molecule has 0 spiro atoms. The highest BCUT2D eigenvalue weighted by atomic mass is 19.1. The largest absolute Gasteiger partial charge is 0.493 e. The fraction of sp³-hybridized carbons (Fsp3) is 0.381. The number of hydrogen-bond acceptors (Lipinski definition) is 4. The van der Waals surface area contributed by atoms with Gasteiger partial charge in [0.05, 0.1) is 13.7 Å². The van der Waals surface area contributed by atoms with Gasteiger partial charge in [-0.2, -0.15) is 0 Å². The Balaban J connectivity index is 1.54. The van der Waals surface area contributed by atoms with Crippen molar-refractivity contribution in [3.05, 3.63) is 53.8 Å². The van der Waals surface area contributed by atoms with Crippen molar-refractivity contribution in [1.82, 2.24) is 5.32 Å². The van der Waals surface area contributed by atoms with Crippen LogP contribution in [0.5, 0.6) is 11.5 Å². The molecule has 0 aliphatic carbocycles. The molecular formula is C21H25FN2O3. The number of carbonyl (C=O) groups is 1. The zero-order valence-electron chi connectivity index (χ0n) is 15.7. The lowest BCUT2D eigenvalue weighted by atomic mass is 10.1. The van der Waals surface area contributed by atoms with E-state index in [1.165, 1.54) is 12.1 Å². The third-order valence-electron chi connectivity index (χ3n) is 4.75. The lowest BCUT2D eigenvalue weighted by Crippen LogP contribution is -2.31. The van der Waals surface area contributed by atoms with Crippen LogP contribution in [-0.4, -0.2) is 39.3 Å². The topological polar surface area (TPSA) is 50.8 Å². The third kappa shape index (κ3) is 4.70. The van der Waals surface area contributed by atoms with Crippen LogP contribution in [0.25, 0.3) is 0 Å². The van der Waals surface area contributed by atoms with Crippen LogP contribution in [0.4, 0.5) is 10.1 Å². The maximum absolute atomic E-state index is 13.1. The summed E-state index contributed by atoms with van der Waals surface area (Å²) in [5.41, 5.74) is 1.56. The Morgan fingerprint density at radius 2 is 2.00 bits per heavy atom. The predicted octanol–water partition coefficient (Wildman–Crippen LogP) is 3.49. The molecule has 0 saturated carbocycles. The van der Waals surface area contributed by atoms with Crippen LogP contribution >= 0.6 is 0 Å². The number of anilines is 1.